The molecular formula is C9H13NO. The molecule has 0 fully saturated rings. The zero-order chi connectivity index (χ0) is 8.43. The van der Waals surface area contributed by atoms with Gasteiger partial charge in [-0.2, -0.15) is 0 Å². The van der Waals surface area contributed by atoms with Crippen molar-refractivity contribution >= 4 is 0 Å². The Balaban J connectivity index is 3.33. The maximum absolute atomic E-state index is 11.2. The van der Waals surface area contributed by atoms with Gasteiger partial charge in [-0.3, -0.25) is 4.79 Å². The van der Waals surface area contributed by atoms with Crippen molar-refractivity contribution < 1.29 is 0 Å². The summed E-state index contributed by atoms with van der Waals surface area (Å²) in [5, 5.41) is 0. The lowest BCUT2D eigenvalue weighted by Gasteiger charge is -2.12. The first-order valence-corrected chi connectivity index (χ1v) is 3.81. The van der Waals surface area contributed by atoms with E-state index in [4.69, 9.17) is 0 Å². The van der Waals surface area contributed by atoms with Crippen molar-refractivity contribution in [3.63, 3.8) is 0 Å². The summed E-state index contributed by atoms with van der Waals surface area (Å²) < 4.78 is 1.78. The third kappa shape index (κ3) is 1.50. The Morgan fingerprint density at radius 3 is 2.36 bits per heavy atom. The molecule has 0 radical (unpaired) electrons. The van der Waals surface area contributed by atoms with E-state index in [1.54, 1.807) is 16.7 Å². The molecule has 2 nitrogen and oxygen atoms in total. The molecule has 0 N–H and O–H groups in total. The van der Waals surface area contributed by atoms with E-state index < -0.39 is 0 Å². The van der Waals surface area contributed by atoms with Gasteiger partial charge in [-0.15, -0.1) is 0 Å². The van der Waals surface area contributed by atoms with E-state index in [-0.39, 0.29) is 11.6 Å². The molecule has 0 aliphatic rings. The summed E-state index contributed by atoms with van der Waals surface area (Å²) in [7, 11) is 0. The van der Waals surface area contributed by atoms with Crippen molar-refractivity contribution in [3.8, 4) is 0 Å². The zero-order valence-electron chi connectivity index (χ0n) is 7.16. The molecule has 0 aliphatic carbocycles. The van der Waals surface area contributed by atoms with Gasteiger partial charge in [0.05, 0.1) is 0 Å². The molecule has 0 aliphatic heterocycles. The second-order valence-electron chi connectivity index (χ2n) is 2.97. The Kier molecular flexibility index (Phi) is 2.13. The van der Waals surface area contributed by atoms with Crippen LogP contribution in [0.3, 0.4) is 0 Å². The second kappa shape index (κ2) is 2.91. The topological polar surface area (TPSA) is 22.0 Å². The van der Waals surface area contributed by atoms with Crippen molar-refractivity contribution in [1.82, 2.24) is 4.57 Å². The molecule has 0 aromatic carbocycles. The molecule has 0 bridgehead atoms. The van der Waals surface area contributed by atoms with Gasteiger partial charge in [-0.1, -0.05) is 6.07 Å². The maximum Gasteiger partial charge on any atom is 0.250 e. The quantitative estimate of drug-likeness (QED) is 0.599. The van der Waals surface area contributed by atoms with E-state index in [2.05, 4.69) is 0 Å². The van der Waals surface area contributed by atoms with Crippen molar-refractivity contribution in [2.75, 3.05) is 0 Å². The highest BCUT2D eigenvalue weighted by molar-refractivity contribution is 5.05. The summed E-state index contributed by atoms with van der Waals surface area (Å²) in [5.41, 5.74) is 1.10. The van der Waals surface area contributed by atoms with Crippen LogP contribution in [0.4, 0.5) is 0 Å². The molecule has 1 heterocycles. The van der Waals surface area contributed by atoms with Gasteiger partial charge in [-0.05, 0) is 26.8 Å². The average molecular weight is 151 g/mol. The first-order chi connectivity index (χ1) is 5.13. The second-order valence-corrected chi connectivity index (χ2v) is 2.97. The number of rotatable bonds is 1. The van der Waals surface area contributed by atoms with Gasteiger partial charge >= 0.3 is 0 Å². The highest BCUT2D eigenvalue weighted by Gasteiger charge is 2.01. The lowest BCUT2D eigenvalue weighted by Crippen LogP contribution is -2.22. The summed E-state index contributed by atoms with van der Waals surface area (Å²) in [4.78, 5) is 11.2. The molecular weight excluding hydrogens is 138 g/mol. The van der Waals surface area contributed by atoms with Crippen LogP contribution in [0.15, 0.2) is 23.0 Å². The summed E-state index contributed by atoms with van der Waals surface area (Å²) in [6.45, 7) is 5.96. The fourth-order valence-electron chi connectivity index (χ4n) is 1.27. The predicted molar refractivity (Wildman–Crippen MR) is 45.8 cm³/mol. The molecule has 0 spiro atoms. The van der Waals surface area contributed by atoms with Crippen molar-refractivity contribution in [2.45, 2.75) is 26.8 Å². The minimum atomic E-state index is 0.0833. The van der Waals surface area contributed by atoms with E-state index in [0.717, 1.165) is 5.69 Å². The lowest BCUT2D eigenvalue weighted by molar-refractivity contribution is 0.563. The number of pyridine rings is 1. The van der Waals surface area contributed by atoms with E-state index in [1.807, 2.05) is 26.8 Å². The Labute approximate surface area is 66.5 Å². The van der Waals surface area contributed by atoms with Crippen molar-refractivity contribution in [1.29, 1.82) is 0 Å². The zero-order valence-corrected chi connectivity index (χ0v) is 7.16. The van der Waals surface area contributed by atoms with Gasteiger partial charge in [0.1, 0.15) is 0 Å². The predicted octanol–water partition coefficient (Wildman–Crippen LogP) is 1.74. The summed E-state index contributed by atoms with van der Waals surface area (Å²) in [6, 6.07) is 5.58. The van der Waals surface area contributed by atoms with Crippen LogP contribution in [0.25, 0.3) is 0 Å². The molecule has 1 rings (SSSR count). The van der Waals surface area contributed by atoms with Gasteiger partial charge in [0.2, 0.25) is 0 Å². The van der Waals surface area contributed by atoms with E-state index in [9.17, 15) is 4.79 Å². The van der Waals surface area contributed by atoms with Crippen LogP contribution in [-0.4, -0.2) is 4.57 Å². The first kappa shape index (κ1) is 8.05. The number of hydrogen-bond acceptors (Lipinski definition) is 1. The van der Waals surface area contributed by atoms with Crippen LogP contribution >= 0.6 is 0 Å². The summed E-state index contributed by atoms with van der Waals surface area (Å²) in [6.07, 6.45) is 0. The van der Waals surface area contributed by atoms with E-state index in [1.165, 1.54) is 0 Å². The Morgan fingerprint density at radius 2 is 2.00 bits per heavy atom. The van der Waals surface area contributed by atoms with E-state index >= 15 is 0 Å². The average Bonchev–Trinajstić information content (AvgIpc) is 1.85. The van der Waals surface area contributed by atoms with E-state index in [0.29, 0.717) is 0 Å². The lowest BCUT2D eigenvalue weighted by atomic mass is 10.3. The summed E-state index contributed by atoms with van der Waals surface area (Å²) >= 11 is 0. The largest absolute Gasteiger partial charge is 0.310 e. The SMILES string of the molecule is Cc1cccc(=O)n1C(C)C. The fourth-order valence-corrected chi connectivity index (χ4v) is 1.27. The molecule has 1 aromatic heterocycles. The fraction of sp³-hybridized carbons (Fsp3) is 0.444. The number of aryl methyl sites for hydroxylation is 1. The minimum absolute atomic E-state index is 0.0833. The number of nitrogens with zero attached hydrogens (tertiary/aromatic N) is 1. The first-order valence-electron chi connectivity index (χ1n) is 3.81. The van der Waals surface area contributed by atoms with Gasteiger partial charge in [0, 0.05) is 17.8 Å². The van der Waals surface area contributed by atoms with Crippen LogP contribution in [0.2, 0.25) is 0 Å². The van der Waals surface area contributed by atoms with Gasteiger partial charge in [0.25, 0.3) is 5.56 Å². The molecule has 0 saturated heterocycles. The van der Waals surface area contributed by atoms with Crippen LogP contribution in [-0.2, 0) is 0 Å². The number of hydrogen-bond donors (Lipinski definition) is 0. The molecule has 0 unspecified atom stereocenters. The Bertz CT molecular complexity index is 299. The normalized spacial score (nSPS) is 10.5. The van der Waals surface area contributed by atoms with Gasteiger partial charge in [-0.25, -0.2) is 0 Å². The smallest absolute Gasteiger partial charge is 0.250 e. The monoisotopic (exact) mass is 151 g/mol. The third-order valence-electron chi connectivity index (χ3n) is 1.71. The third-order valence-corrected chi connectivity index (χ3v) is 1.71. The van der Waals surface area contributed by atoms with Crippen LogP contribution in [0.5, 0.6) is 0 Å². The van der Waals surface area contributed by atoms with Gasteiger partial charge in [0.15, 0.2) is 0 Å². The molecule has 2 heteroatoms. The molecule has 0 amide bonds. The molecule has 11 heavy (non-hydrogen) atoms. The molecule has 0 saturated carbocycles. The van der Waals surface area contributed by atoms with Crippen LogP contribution < -0.4 is 5.56 Å². The van der Waals surface area contributed by atoms with Crippen molar-refractivity contribution in [3.05, 3.63) is 34.2 Å². The van der Waals surface area contributed by atoms with Crippen LogP contribution in [0, 0.1) is 6.92 Å². The molecule has 1 aromatic rings. The van der Waals surface area contributed by atoms with Crippen LogP contribution in [0.1, 0.15) is 25.6 Å². The highest BCUT2D eigenvalue weighted by atomic mass is 16.1. The van der Waals surface area contributed by atoms with Crippen molar-refractivity contribution in [2.24, 2.45) is 0 Å². The molecule has 60 valence electrons. The Hall–Kier alpha value is -1.05. The maximum atomic E-state index is 11.2. The van der Waals surface area contributed by atoms with Gasteiger partial charge < -0.3 is 4.57 Å². The standard InChI is InChI=1S/C9H13NO/c1-7(2)10-8(3)5-4-6-9(10)11/h4-7H,1-3H3. The summed E-state index contributed by atoms with van der Waals surface area (Å²) in [5.74, 6) is 0. The molecule has 0 atom stereocenters. The number of aromatic nitrogens is 1. The minimum Gasteiger partial charge on any atom is -0.310 e. The Morgan fingerprint density at radius 1 is 1.36 bits per heavy atom. The highest BCUT2D eigenvalue weighted by Crippen LogP contribution is 2.03.